The van der Waals surface area contributed by atoms with Crippen molar-refractivity contribution in [1.29, 1.82) is 0 Å². The first-order valence-corrected chi connectivity index (χ1v) is 11.3. The summed E-state index contributed by atoms with van der Waals surface area (Å²) in [4.78, 5) is 12.4. The van der Waals surface area contributed by atoms with Gasteiger partial charge in [-0.3, -0.25) is 4.79 Å². The molecule has 1 atom stereocenters. The molecule has 34 heavy (non-hydrogen) atoms. The van der Waals surface area contributed by atoms with E-state index in [1.54, 1.807) is 0 Å². The number of benzene rings is 4. The van der Waals surface area contributed by atoms with E-state index in [2.05, 4.69) is 0 Å². The lowest BCUT2D eigenvalue weighted by Crippen LogP contribution is -2.12. The molecule has 4 aromatic carbocycles. The maximum Gasteiger partial charge on any atom is 0.306 e. The van der Waals surface area contributed by atoms with Crippen LogP contribution in [0.5, 0.6) is 11.5 Å². The Kier molecular flexibility index (Phi) is 7.96. The predicted octanol–water partition coefficient (Wildman–Crippen LogP) is 6.54. The van der Waals surface area contributed by atoms with Crippen LogP contribution in [0, 0.1) is 0 Å². The van der Waals surface area contributed by atoms with E-state index in [-0.39, 0.29) is 18.3 Å². The third-order valence-electron chi connectivity index (χ3n) is 5.64. The Morgan fingerprint density at radius 3 is 1.85 bits per heavy atom. The molecule has 0 fully saturated rings. The first-order chi connectivity index (χ1) is 16.7. The highest BCUT2D eigenvalue weighted by atomic mass is 16.5. The monoisotopic (exact) mass is 452 g/mol. The van der Waals surface area contributed by atoms with E-state index in [0.29, 0.717) is 19.0 Å². The molecule has 0 aliphatic heterocycles. The third-order valence-corrected chi connectivity index (χ3v) is 5.64. The van der Waals surface area contributed by atoms with Gasteiger partial charge in [-0.05, 0) is 34.9 Å². The lowest BCUT2D eigenvalue weighted by molar-refractivity contribution is -0.140. The van der Waals surface area contributed by atoms with Crippen LogP contribution in [-0.4, -0.2) is 13.1 Å². The van der Waals surface area contributed by atoms with E-state index in [1.807, 2.05) is 109 Å². The molecule has 4 rings (SSSR count). The second-order valence-electron chi connectivity index (χ2n) is 7.99. The zero-order chi connectivity index (χ0) is 23.6. The van der Waals surface area contributed by atoms with E-state index in [1.165, 1.54) is 7.11 Å². The van der Waals surface area contributed by atoms with Crippen molar-refractivity contribution in [1.82, 2.24) is 0 Å². The SMILES string of the molecule is COC(=O)CC(c1ccccc1)c1cc(OCc2ccccc2)ccc1OCc1ccccc1. The lowest BCUT2D eigenvalue weighted by Gasteiger charge is -2.22. The predicted molar refractivity (Wildman–Crippen MR) is 133 cm³/mol. The van der Waals surface area contributed by atoms with Gasteiger partial charge in [0.1, 0.15) is 24.7 Å². The molecule has 0 aromatic heterocycles. The molecule has 0 saturated heterocycles. The third kappa shape index (κ3) is 6.26. The molecule has 1 unspecified atom stereocenters. The quantitative estimate of drug-likeness (QED) is 0.256. The van der Waals surface area contributed by atoms with Crippen LogP contribution in [0.2, 0.25) is 0 Å². The molecule has 4 aromatic rings. The average Bonchev–Trinajstić information content (AvgIpc) is 2.91. The number of carbonyl (C=O) groups is 1. The van der Waals surface area contributed by atoms with Gasteiger partial charge in [0.15, 0.2) is 0 Å². The first-order valence-electron chi connectivity index (χ1n) is 11.3. The Morgan fingerprint density at radius 2 is 1.26 bits per heavy atom. The number of ether oxygens (including phenoxy) is 3. The second-order valence-corrected chi connectivity index (χ2v) is 7.99. The molecule has 0 amide bonds. The fraction of sp³-hybridized carbons (Fsp3) is 0.167. The Bertz CT molecular complexity index is 1170. The van der Waals surface area contributed by atoms with Gasteiger partial charge < -0.3 is 14.2 Å². The highest BCUT2D eigenvalue weighted by Gasteiger charge is 2.23. The molecule has 0 aliphatic carbocycles. The minimum absolute atomic E-state index is 0.199. The summed E-state index contributed by atoms with van der Waals surface area (Å²) in [5.41, 5.74) is 4.06. The number of hydrogen-bond acceptors (Lipinski definition) is 4. The van der Waals surface area contributed by atoms with Crippen molar-refractivity contribution in [3.05, 3.63) is 131 Å². The van der Waals surface area contributed by atoms with Gasteiger partial charge in [0.2, 0.25) is 0 Å². The van der Waals surface area contributed by atoms with E-state index in [9.17, 15) is 4.79 Å². The number of esters is 1. The molecule has 0 N–H and O–H groups in total. The summed E-state index contributed by atoms with van der Waals surface area (Å²) in [6, 6.07) is 35.8. The summed E-state index contributed by atoms with van der Waals surface area (Å²) in [6.07, 6.45) is 0.199. The Balaban J connectivity index is 1.67. The van der Waals surface area contributed by atoms with Crippen molar-refractivity contribution in [2.75, 3.05) is 7.11 Å². The minimum atomic E-state index is -0.279. The van der Waals surface area contributed by atoms with Crippen LogP contribution in [0.25, 0.3) is 0 Å². The fourth-order valence-corrected chi connectivity index (χ4v) is 3.84. The van der Waals surface area contributed by atoms with Gasteiger partial charge in [-0.2, -0.15) is 0 Å². The number of hydrogen-bond donors (Lipinski definition) is 0. The smallest absolute Gasteiger partial charge is 0.306 e. The van der Waals surface area contributed by atoms with Gasteiger partial charge in [0, 0.05) is 11.5 Å². The molecule has 0 bridgehead atoms. The first kappa shape index (κ1) is 23.1. The van der Waals surface area contributed by atoms with Gasteiger partial charge in [-0.1, -0.05) is 91.0 Å². The normalized spacial score (nSPS) is 11.4. The Labute approximate surface area is 200 Å². The van der Waals surface area contributed by atoms with E-state index >= 15 is 0 Å². The highest BCUT2D eigenvalue weighted by molar-refractivity contribution is 5.71. The van der Waals surface area contributed by atoms with E-state index in [0.717, 1.165) is 28.0 Å². The fourth-order valence-electron chi connectivity index (χ4n) is 3.84. The molecule has 0 heterocycles. The molecule has 4 nitrogen and oxygen atoms in total. The van der Waals surface area contributed by atoms with Crippen molar-refractivity contribution < 1.29 is 19.0 Å². The van der Waals surface area contributed by atoms with Crippen LogP contribution < -0.4 is 9.47 Å². The topological polar surface area (TPSA) is 44.8 Å². The van der Waals surface area contributed by atoms with Gasteiger partial charge in [0.05, 0.1) is 13.5 Å². The largest absolute Gasteiger partial charge is 0.489 e. The molecule has 0 radical (unpaired) electrons. The summed E-state index contributed by atoms with van der Waals surface area (Å²) in [5, 5.41) is 0. The summed E-state index contributed by atoms with van der Waals surface area (Å²) < 4.78 is 17.4. The van der Waals surface area contributed by atoms with Crippen LogP contribution in [0.1, 0.15) is 34.6 Å². The van der Waals surface area contributed by atoms with Crippen LogP contribution in [-0.2, 0) is 22.7 Å². The standard InChI is InChI=1S/C30H28O4/c1-32-30(31)20-27(25-15-9-4-10-16-25)28-19-26(33-21-23-11-5-2-6-12-23)17-18-29(28)34-22-24-13-7-3-8-14-24/h2-19,27H,20-22H2,1H3. The van der Waals surface area contributed by atoms with Gasteiger partial charge in [-0.15, -0.1) is 0 Å². The van der Waals surface area contributed by atoms with E-state index in [4.69, 9.17) is 14.2 Å². The molecule has 172 valence electrons. The average molecular weight is 453 g/mol. The van der Waals surface area contributed by atoms with Crippen molar-refractivity contribution in [3.8, 4) is 11.5 Å². The number of methoxy groups -OCH3 is 1. The maximum atomic E-state index is 12.4. The van der Waals surface area contributed by atoms with Crippen LogP contribution >= 0.6 is 0 Å². The molecular weight excluding hydrogens is 424 g/mol. The van der Waals surface area contributed by atoms with Crippen LogP contribution in [0.3, 0.4) is 0 Å². The Morgan fingerprint density at radius 1 is 0.706 bits per heavy atom. The zero-order valence-corrected chi connectivity index (χ0v) is 19.2. The van der Waals surface area contributed by atoms with Gasteiger partial charge in [0.25, 0.3) is 0 Å². The number of carbonyl (C=O) groups excluding carboxylic acids is 1. The molecule has 0 saturated carbocycles. The van der Waals surface area contributed by atoms with Crippen molar-refractivity contribution in [2.45, 2.75) is 25.6 Å². The lowest BCUT2D eigenvalue weighted by atomic mass is 9.87. The van der Waals surface area contributed by atoms with E-state index < -0.39 is 0 Å². The second kappa shape index (κ2) is 11.7. The summed E-state index contributed by atoms with van der Waals surface area (Å²) in [6.45, 7) is 0.884. The number of rotatable bonds is 10. The van der Waals surface area contributed by atoms with Gasteiger partial charge in [-0.25, -0.2) is 0 Å². The van der Waals surface area contributed by atoms with Gasteiger partial charge >= 0.3 is 5.97 Å². The van der Waals surface area contributed by atoms with Crippen molar-refractivity contribution >= 4 is 5.97 Å². The highest BCUT2D eigenvalue weighted by Crippen LogP contribution is 2.37. The maximum absolute atomic E-state index is 12.4. The summed E-state index contributed by atoms with van der Waals surface area (Å²) in [7, 11) is 1.41. The van der Waals surface area contributed by atoms with Crippen molar-refractivity contribution in [3.63, 3.8) is 0 Å². The summed E-state index contributed by atoms with van der Waals surface area (Å²) in [5.74, 6) is 0.920. The molecule has 0 spiro atoms. The molecule has 4 heteroatoms. The summed E-state index contributed by atoms with van der Waals surface area (Å²) >= 11 is 0. The van der Waals surface area contributed by atoms with Crippen molar-refractivity contribution in [2.24, 2.45) is 0 Å². The minimum Gasteiger partial charge on any atom is -0.489 e. The Hall–Kier alpha value is -4.05. The van der Waals surface area contributed by atoms with Crippen LogP contribution in [0.15, 0.2) is 109 Å². The zero-order valence-electron chi connectivity index (χ0n) is 19.2. The molecule has 0 aliphatic rings. The van der Waals surface area contributed by atoms with Crippen LogP contribution in [0.4, 0.5) is 0 Å². The molecular formula is C30H28O4.